The molecule has 0 fully saturated rings. The van der Waals surface area contributed by atoms with Crippen LogP contribution in [0.2, 0.25) is 0 Å². The minimum absolute atomic E-state index is 0.0438. The van der Waals surface area contributed by atoms with Crippen molar-refractivity contribution in [1.82, 2.24) is 10.5 Å². The SMILES string of the molecule is Cc1noc(C)c1C(=O)O[C@@H](C)C(=O)N[C@@H]1CCCc2ccccc21. The number of aryl methyl sites for hydroxylation is 3. The Hall–Kier alpha value is -2.63. The molecule has 0 radical (unpaired) electrons. The van der Waals surface area contributed by atoms with Crippen molar-refractivity contribution in [2.75, 3.05) is 0 Å². The normalized spacial score (nSPS) is 17.5. The number of aromatic nitrogens is 1. The highest BCUT2D eigenvalue weighted by molar-refractivity contribution is 5.93. The summed E-state index contributed by atoms with van der Waals surface area (Å²) in [4.78, 5) is 24.7. The van der Waals surface area contributed by atoms with E-state index in [1.165, 1.54) is 5.56 Å². The summed E-state index contributed by atoms with van der Waals surface area (Å²) >= 11 is 0. The number of esters is 1. The van der Waals surface area contributed by atoms with E-state index in [-0.39, 0.29) is 17.5 Å². The van der Waals surface area contributed by atoms with Crippen LogP contribution in [0.3, 0.4) is 0 Å². The highest BCUT2D eigenvalue weighted by atomic mass is 16.5. The highest BCUT2D eigenvalue weighted by Crippen LogP contribution is 2.29. The second kappa shape index (κ2) is 7.09. The molecule has 0 saturated heterocycles. The maximum Gasteiger partial charge on any atom is 0.344 e. The van der Waals surface area contributed by atoms with Crippen LogP contribution in [-0.2, 0) is 16.0 Å². The van der Waals surface area contributed by atoms with Crippen LogP contribution in [0.15, 0.2) is 28.8 Å². The lowest BCUT2D eigenvalue weighted by Gasteiger charge is -2.27. The zero-order valence-corrected chi connectivity index (χ0v) is 14.7. The minimum atomic E-state index is -0.893. The summed E-state index contributed by atoms with van der Waals surface area (Å²) in [5, 5.41) is 6.73. The summed E-state index contributed by atoms with van der Waals surface area (Å²) in [7, 11) is 0. The molecule has 2 aromatic rings. The van der Waals surface area contributed by atoms with Gasteiger partial charge in [0.05, 0.1) is 11.7 Å². The first kappa shape index (κ1) is 17.2. The van der Waals surface area contributed by atoms with Crippen LogP contribution in [0.5, 0.6) is 0 Å². The van der Waals surface area contributed by atoms with Crippen LogP contribution in [0.25, 0.3) is 0 Å². The molecular formula is C19H22N2O4. The summed E-state index contributed by atoms with van der Waals surface area (Å²) in [6, 6.07) is 8.08. The fraction of sp³-hybridized carbons (Fsp3) is 0.421. The number of hydrogen-bond donors (Lipinski definition) is 1. The molecule has 0 unspecified atom stereocenters. The van der Waals surface area contributed by atoms with Crippen molar-refractivity contribution in [3.63, 3.8) is 0 Å². The lowest BCUT2D eigenvalue weighted by atomic mass is 9.87. The minimum Gasteiger partial charge on any atom is -0.449 e. The third kappa shape index (κ3) is 3.57. The molecule has 2 atom stereocenters. The van der Waals surface area contributed by atoms with Gasteiger partial charge >= 0.3 is 5.97 Å². The Morgan fingerprint density at radius 2 is 2.08 bits per heavy atom. The molecule has 0 spiro atoms. The predicted molar refractivity (Wildman–Crippen MR) is 91.1 cm³/mol. The van der Waals surface area contributed by atoms with Gasteiger partial charge in [-0.2, -0.15) is 0 Å². The lowest BCUT2D eigenvalue weighted by molar-refractivity contribution is -0.130. The van der Waals surface area contributed by atoms with Crippen molar-refractivity contribution < 1.29 is 18.8 Å². The molecule has 1 aromatic carbocycles. The molecule has 1 heterocycles. The first-order chi connectivity index (χ1) is 12.0. The molecular weight excluding hydrogens is 320 g/mol. The molecule has 1 aliphatic rings. The predicted octanol–water partition coefficient (Wildman–Crippen LogP) is 3.03. The number of carbonyl (C=O) groups excluding carboxylic acids is 2. The quantitative estimate of drug-likeness (QED) is 0.864. The molecule has 0 saturated carbocycles. The van der Waals surface area contributed by atoms with Gasteiger partial charge in [-0.15, -0.1) is 0 Å². The highest BCUT2D eigenvalue weighted by Gasteiger charge is 2.27. The summed E-state index contributed by atoms with van der Waals surface area (Å²) < 4.78 is 10.3. The third-order valence-corrected chi connectivity index (χ3v) is 4.58. The van der Waals surface area contributed by atoms with Crippen LogP contribution in [0, 0.1) is 13.8 Å². The van der Waals surface area contributed by atoms with Gasteiger partial charge in [-0.1, -0.05) is 29.4 Å². The van der Waals surface area contributed by atoms with Crippen LogP contribution < -0.4 is 5.32 Å². The topological polar surface area (TPSA) is 81.4 Å². The Morgan fingerprint density at radius 3 is 2.80 bits per heavy atom. The Kier molecular flexibility index (Phi) is 4.88. The maximum atomic E-state index is 12.5. The Bertz CT molecular complexity index is 777. The largest absolute Gasteiger partial charge is 0.449 e. The zero-order valence-electron chi connectivity index (χ0n) is 14.7. The first-order valence-electron chi connectivity index (χ1n) is 8.49. The fourth-order valence-corrected chi connectivity index (χ4v) is 3.24. The fourth-order valence-electron chi connectivity index (χ4n) is 3.24. The van der Waals surface area contributed by atoms with Crippen LogP contribution in [0.1, 0.15) is 58.7 Å². The smallest absolute Gasteiger partial charge is 0.344 e. The van der Waals surface area contributed by atoms with E-state index in [2.05, 4.69) is 16.5 Å². The molecule has 1 N–H and O–H groups in total. The van der Waals surface area contributed by atoms with E-state index >= 15 is 0 Å². The molecule has 1 aliphatic carbocycles. The van der Waals surface area contributed by atoms with Crippen molar-refractivity contribution in [1.29, 1.82) is 0 Å². The number of nitrogens with one attached hydrogen (secondary N) is 1. The second-order valence-corrected chi connectivity index (χ2v) is 6.40. The van der Waals surface area contributed by atoms with Crippen molar-refractivity contribution in [2.45, 2.75) is 52.2 Å². The van der Waals surface area contributed by atoms with Gasteiger partial charge in [0.2, 0.25) is 0 Å². The van der Waals surface area contributed by atoms with Crippen LogP contribution >= 0.6 is 0 Å². The summed E-state index contributed by atoms with van der Waals surface area (Å²) in [6.45, 7) is 4.87. The summed E-state index contributed by atoms with van der Waals surface area (Å²) in [5.74, 6) is -0.513. The van der Waals surface area contributed by atoms with Gasteiger partial charge in [0, 0.05) is 0 Å². The van der Waals surface area contributed by atoms with E-state index in [9.17, 15) is 9.59 Å². The summed E-state index contributed by atoms with van der Waals surface area (Å²) in [6.07, 6.45) is 2.04. The number of fused-ring (bicyclic) bond motifs is 1. The maximum absolute atomic E-state index is 12.5. The average molecular weight is 342 g/mol. The second-order valence-electron chi connectivity index (χ2n) is 6.40. The number of ether oxygens (including phenoxy) is 1. The van der Waals surface area contributed by atoms with Gasteiger partial charge in [0.1, 0.15) is 11.3 Å². The van der Waals surface area contributed by atoms with E-state index in [0.29, 0.717) is 11.5 Å². The Balaban J connectivity index is 1.65. The standard InChI is InChI=1S/C19H22N2O4/c1-11-17(12(2)25-21-11)19(23)24-13(3)18(22)20-16-10-6-8-14-7-4-5-9-15(14)16/h4-5,7,9,13,16H,6,8,10H2,1-3H3,(H,20,22)/t13-,16+/m0/s1. The average Bonchev–Trinajstić information content (AvgIpc) is 2.93. The number of nitrogens with zero attached hydrogens (tertiary/aromatic N) is 1. The monoisotopic (exact) mass is 342 g/mol. The van der Waals surface area contributed by atoms with Crippen molar-refractivity contribution in [3.05, 3.63) is 52.4 Å². The zero-order chi connectivity index (χ0) is 18.0. The van der Waals surface area contributed by atoms with Crippen molar-refractivity contribution in [3.8, 4) is 0 Å². The van der Waals surface area contributed by atoms with Gasteiger partial charge in [-0.3, -0.25) is 4.79 Å². The third-order valence-electron chi connectivity index (χ3n) is 4.58. The van der Waals surface area contributed by atoms with E-state index in [0.717, 1.165) is 24.8 Å². The molecule has 25 heavy (non-hydrogen) atoms. The molecule has 1 amide bonds. The van der Waals surface area contributed by atoms with E-state index in [1.54, 1.807) is 20.8 Å². The Labute approximate surface area is 146 Å². The van der Waals surface area contributed by atoms with Crippen LogP contribution in [0.4, 0.5) is 0 Å². The number of hydrogen-bond acceptors (Lipinski definition) is 5. The number of rotatable bonds is 4. The summed E-state index contributed by atoms with van der Waals surface area (Å²) in [5.41, 5.74) is 3.14. The van der Waals surface area contributed by atoms with E-state index in [1.807, 2.05) is 18.2 Å². The van der Waals surface area contributed by atoms with E-state index < -0.39 is 12.1 Å². The molecule has 1 aromatic heterocycles. The Morgan fingerprint density at radius 1 is 1.32 bits per heavy atom. The number of carbonyl (C=O) groups is 2. The lowest BCUT2D eigenvalue weighted by Crippen LogP contribution is -2.39. The van der Waals surface area contributed by atoms with Gasteiger partial charge in [0.15, 0.2) is 6.10 Å². The molecule has 132 valence electrons. The van der Waals surface area contributed by atoms with Gasteiger partial charge in [-0.25, -0.2) is 4.79 Å². The number of amides is 1. The molecule has 0 bridgehead atoms. The van der Waals surface area contributed by atoms with Crippen molar-refractivity contribution in [2.24, 2.45) is 0 Å². The molecule has 0 aliphatic heterocycles. The van der Waals surface area contributed by atoms with Gasteiger partial charge < -0.3 is 14.6 Å². The van der Waals surface area contributed by atoms with Gasteiger partial charge in [0.25, 0.3) is 5.91 Å². The van der Waals surface area contributed by atoms with Gasteiger partial charge in [-0.05, 0) is 51.2 Å². The van der Waals surface area contributed by atoms with E-state index in [4.69, 9.17) is 9.26 Å². The molecule has 6 nitrogen and oxygen atoms in total. The first-order valence-corrected chi connectivity index (χ1v) is 8.49. The molecule has 6 heteroatoms. The van der Waals surface area contributed by atoms with Crippen LogP contribution in [-0.4, -0.2) is 23.1 Å². The number of benzene rings is 1. The van der Waals surface area contributed by atoms with Crippen molar-refractivity contribution >= 4 is 11.9 Å². The molecule has 3 rings (SSSR count).